The summed E-state index contributed by atoms with van der Waals surface area (Å²) in [5.41, 5.74) is -0.627. The Kier molecular flexibility index (Phi) is 2.16. The van der Waals surface area contributed by atoms with Gasteiger partial charge in [-0.15, -0.1) is 0 Å². The third kappa shape index (κ3) is 1.84. The van der Waals surface area contributed by atoms with Crippen LogP contribution in [0.15, 0.2) is 12.4 Å². The number of hydrogen-bond donors (Lipinski definition) is 0. The predicted molar refractivity (Wildman–Crippen MR) is 33.3 cm³/mol. The van der Waals surface area contributed by atoms with E-state index in [1.165, 1.54) is 0 Å². The van der Waals surface area contributed by atoms with Gasteiger partial charge in [-0.05, 0) is 0 Å². The summed E-state index contributed by atoms with van der Waals surface area (Å²) in [6, 6.07) is 0. The van der Waals surface area contributed by atoms with E-state index in [1.54, 1.807) is 0 Å². The predicted octanol–water partition coefficient (Wildman–Crippen LogP) is 1.85. The normalized spacial score (nSPS) is 11.3. The first-order valence-corrected chi connectivity index (χ1v) is 3.03. The second-order valence-electron chi connectivity index (χ2n) is 2.21. The maximum Gasteiger partial charge on any atom is 0.288 e. The number of alkyl halides is 2. The fraction of sp³-hybridized carbons (Fsp3) is 0.333. The van der Waals surface area contributed by atoms with Crippen LogP contribution in [0.1, 0.15) is 12.6 Å². The molecule has 1 heterocycles. The summed E-state index contributed by atoms with van der Waals surface area (Å²) in [5, 5.41) is 0. The van der Waals surface area contributed by atoms with E-state index in [0.29, 0.717) is 6.92 Å². The van der Waals surface area contributed by atoms with Crippen LogP contribution in [0.4, 0.5) is 13.3 Å². The van der Waals surface area contributed by atoms with Gasteiger partial charge in [-0.2, -0.15) is 8.78 Å². The SMILES string of the molecule is CC(F)(F)c1cncc(OF)n1. The average molecular weight is 178 g/mol. The Hall–Kier alpha value is -1.33. The molecule has 0 atom stereocenters. The molecule has 0 aliphatic heterocycles. The van der Waals surface area contributed by atoms with E-state index in [1.807, 2.05) is 0 Å². The number of halogens is 3. The topological polar surface area (TPSA) is 35.0 Å². The van der Waals surface area contributed by atoms with Crippen molar-refractivity contribution in [2.75, 3.05) is 0 Å². The molecule has 0 N–H and O–H groups in total. The van der Waals surface area contributed by atoms with Crippen LogP contribution in [0.2, 0.25) is 0 Å². The summed E-state index contributed by atoms with van der Waals surface area (Å²) in [7, 11) is 0. The van der Waals surface area contributed by atoms with E-state index in [9.17, 15) is 13.3 Å². The van der Waals surface area contributed by atoms with Gasteiger partial charge in [0, 0.05) is 11.4 Å². The van der Waals surface area contributed by atoms with Crippen molar-refractivity contribution < 1.29 is 18.2 Å². The average Bonchev–Trinajstić information content (AvgIpc) is 2.03. The van der Waals surface area contributed by atoms with Crippen molar-refractivity contribution in [2.45, 2.75) is 12.8 Å². The quantitative estimate of drug-likeness (QED) is 0.693. The van der Waals surface area contributed by atoms with Gasteiger partial charge in [0.1, 0.15) is 5.69 Å². The highest BCUT2D eigenvalue weighted by Gasteiger charge is 2.27. The molecule has 3 nitrogen and oxygen atoms in total. The fourth-order valence-corrected chi connectivity index (χ4v) is 0.597. The van der Waals surface area contributed by atoms with Crippen LogP contribution in [0.3, 0.4) is 0 Å². The smallest absolute Gasteiger partial charge is 0.272 e. The van der Waals surface area contributed by atoms with Crippen LogP contribution in [0.5, 0.6) is 5.88 Å². The lowest BCUT2D eigenvalue weighted by Gasteiger charge is -2.07. The molecular formula is C6H5F3N2O. The number of aromatic nitrogens is 2. The van der Waals surface area contributed by atoms with Crippen molar-refractivity contribution in [3.8, 4) is 5.88 Å². The van der Waals surface area contributed by atoms with E-state index >= 15 is 0 Å². The summed E-state index contributed by atoms with van der Waals surface area (Å²) in [4.78, 5) is 9.61. The molecule has 66 valence electrons. The molecule has 0 saturated carbocycles. The number of hydrogen-bond acceptors (Lipinski definition) is 3. The van der Waals surface area contributed by atoms with Gasteiger partial charge in [-0.3, -0.25) is 9.93 Å². The number of nitrogens with zero attached hydrogens (tertiary/aromatic N) is 2. The third-order valence-electron chi connectivity index (χ3n) is 1.14. The van der Waals surface area contributed by atoms with Crippen LogP contribution < -0.4 is 4.94 Å². The molecule has 0 bridgehead atoms. The van der Waals surface area contributed by atoms with Gasteiger partial charge in [0.2, 0.25) is 0 Å². The first-order chi connectivity index (χ1) is 5.54. The van der Waals surface area contributed by atoms with Crippen LogP contribution in [-0.4, -0.2) is 9.97 Å². The molecule has 1 aromatic heterocycles. The lowest BCUT2D eigenvalue weighted by atomic mass is 10.3. The summed E-state index contributed by atoms with van der Waals surface area (Å²) in [6.45, 7) is 0.638. The molecule has 6 heteroatoms. The minimum absolute atomic E-state index is 0.575. The zero-order valence-corrected chi connectivity index (χ0v) is 6.09. The Morgan fingerprint density at radius 1 is 1.42 bits per heavy atom. The van der Waals surface area contributed by atoms with Crippen LogP contribution in [0, 0.1) is 0 Å². The maximum absolute atomic E-state index is 12.5. The molecule has 0 aliphatic carbocycles. The zero-order chi connectivity index (χ0) is 9.19. The fourth-order valence-electron chi connectivity index (χ4n) is 0.597. The molecule has 0 aromatic carbocycles. The molecular weight excluding hydrogens is 173 g/mol. The van der Waals surface area contributed by atoms with Gasteiger partial charge in [-0.1, -0.05) is 0 Å². The highest BCUT2D eigenvalue weighted by atomic mass is 19.3. The summed E-state index contributed by atoms with van der Waals surface area (Å²) >= 11 is 0. The van der Waals surface area contributed by atoms with Crippen molar-refractivity contribution >= 4 is 0 Å². The lowest BCUT2D eigenvalue weighted by molar-refractivity contribution is -0.0182. The van der Waals surface area contributed by atoms with Crippen molar-refractivity contribution in [1.82, 2.24) is 9.97 Å². The first kappa shape index (κ1) is 8.76. The molecule has 0 radical (unpaired) electrons. The van der Waals surface area contributed by atoms with Crippen LogP contribution in [0.25, 0.3) is 0 Å². The van der Waals surface area contributed by atoms with Crippen LogP contribution >= 0.6 is 0 Å². The van der Waals surface area contributed by atoms with E-state index in [4.69, 9.17) is 0 Å². The van der Waals surface area contributed by atoms with Gasteiger partial charge in [-0.25, -0.2) is 4.98 Å². The molecule has 1 rings (SSSR count). The molecule has 0 saturated heterocycles. The zero-order valence-electron chi connectivity index (χ0n) is 6.09. The van der Waals surface area contributed by atoms with Crippen molar-refractivity contribution in [2.24, 2.45) is 0 Å². The van der Waals surface area contributed by atoms with E-state index in [2.05, 4.69) is 14.9 Å². The lowest BCUT2D eigenvalue weighted by Crippen LogP contribution is -2.10. The second-order valence-corrected chi connectivity index (χ2v) is 2.21. The molecule has 0 fully saturated rings. The van der Waals surface area contributed by atoms with Gasteiger partial charge < -0.3 is 0 Å². The van der Waals surface area contributed by atoms with E-state index in [-0.39, 0.29) is 0 Å². The standard InChI is InChI=1S/C6H5F3N2O/c1-6(7,8)4-2-10-3-5(11-4)12-9/h2-3H,1H3. The minimum Gasteiger partial charge on any atom is -0.272 e. The van der Waals surface area contributed by atoms with Crippen molar-refractivity contribution in [1.29, 1.82) is 0 Å². The Morgan fingerprint density at radius 3 is 2.58 bits per heavy atom. The van der Waals surface area contributed by atoms with Crippen molar-refractivity contribution in [3.05, 3.63) is 18.1 Å². The second kappa shape index (κ2) is 2.96. The Balaban J connectivity index is 3.02. The summed E-state index contributed by atoms with van der Waals surface area (Å²) in [5.74, 6) is -3.71. The Labute approximate surface area is 66.1 Å². The van der Waals surface area contributed by atoms with Gasteiger partial charge in [0.25, 0.3) is 11.8 Å². The van der Waals surface area contributed by atoms with Gasteiger partial charge in [0.05, 0.1) is 12.4 Å². The highest BCUT2D eigenvalue weighted by molar-refractivity contribution is 5.11. The molecule has 0 aliphatic rings. The monoisotopic (exact) mass is 178 g/mol. The summed E-state index contributed by atoms with van der Waals surface area (Å²) in [6.07, 6.45) is 1.75. The first-order valence-electron chi connectivity index (χ1n) is 3.03. The number of rotatable bonds is 2. The molecule has 1 aromatic rings. The largest absolute Gasteiger partial charge is 0.288 e. The van der Waals surface area contributed by atoms with Gasteiger partial charge in [0.15, 0.2) is 0 Å². The van der Waals surface area contributed by atoms with E-state index < -0.39 is 17.5 Å². The molecule has 0 spiro atoms. The summed E-state index contributed by atoms with van der Waals surface area (Å²) < 4.78 is 36.4. The Bertz CT molecular complexity index is 274. The Morgan fingerprint density at radius 2 is 2.08 bits per heavy atom. The van der Waals surface area contributed by atoms with Gasteiger partial charge >= 0.3 is 0 Å². The maximum atomic E-state index is 12.5. The highest BCUT2D eigenvalue weighted by Crippen LogP contribution is 2.25. The molecule has 0 amide bonds. The third-order valence-corrected chi connectivity index (χ3v) is 1.14. The molecule has 12 heavy (non-hydrogen) atoms. The van der Waals surface area contributed by atoms with Crippen LogP contribution in [-0.2, 0) is 5.92 Å². The van der Waals surface area contributed by atoms with Crippen molar-refractivity contribution in [3.63, 3.8) is 0 Å². The minimum atomic E-state index is -3.14. The van der Waals surface area contributed by atoms with E-state index in [0.717, 1.165) is 12.4 Å². The molecule has 0 unspecified atom stereocenters.